The topological polar surface area (TPSA) is 70.4 Å². The first-order valence-corrected chi connectivity index (χ1v) is 11.6. The molecule has 0 unspecified atom stereocenters. The van der Waals surface area contributed by atoms with Crippen LogP contribution in [0, 0.1) is 24.7 Å². The molecule has 0 aliphatic heterocycles. The fourth-order valence-corrected chi connectivity index (χ4v) is 4.30. The first-order chi connectivity index (χ1) is 15.4. The summed E-state index contributed by atoms with van der Waals surface area (Å²) in [4.78, 5) is 30.2. The average molecular weight is 453 g/mol. The van der Waals surface area contributed by atoms with Gasteiger partial charge in [-0.1, -0.05) is 20.8 Å². The summed E-state index contributed by atoms with van der Waals surface area (Å²) in [5.74, 6) is 0.502. The number of pyridine rings is 2. The molecule has 3 rings (SSSR count). The van der Waals surface area contributed by atoms with E-state index in [0.717, 1.165) is 28.4 Å². The predicted molar refractivity (Wildman–Crippen MR) is 133 cm³/mol. The largest absolute Gasteiger partial charge is 0.493 e. The molecule has 3 aromatic rings. The second kappa shape index (κ2) is 9.54. The Bertz CT molecular complexity index is 1220. The number of esters is 1. The van der Waals surface area contributed by atoms with Gasteiger partial charge < -0.3 is 14.0 Å². The van der Waals surface area contributed by atoms with Gasteiger partial charge in [-0.3, -0.25) is 14.6 Å². The highest BCUT2D eigenvalue weighted by atomic mass is 16.6. The fraction of sp³-hybridized carbons (Fsp3) is 0.519. The standard InChI is InChI=1S/C27H36N2O4/c1-16(2)13-22(26(31)33-27(5,6)7)17(3)15-32-19-9-10-20-21-11-12-28-18(4)24(21)29(8)25(30)23(20)14-19/h9-12,14,16-17,22H,13,15H2,1-8H3/t17-,22-/m0/s1. The van der Waals surface area contributed by atoms with Gasteiger partial charge in [0.25, 0.3) is 5.56 Å². The van der Waals surface area contributed by atoms with Crippen molar-refractivity contribution in [1.82, 2.24) is 9.55 Å². The summed E-state index contributed by atoms with van der Waals surface area (Å²) in [7, 11) is 1.77. The van der Waals surface area contributed by atoms with E-state index >= 15 is 0 Å². The molecule has 6 heteroatoms. The number of rotatable bonds is 7. The predicted octanol–water partition coefficient (Wildman–Crippen LogP) is 5.41. The van der Waals surface area contributed by atoms with Crippen molar-refractivity contribution in [2.75, 3.05) is 6.61 Å². The van der Waals surface area contributed by atoms with Crippen LogP contribution in [-0.4, -0.2) is 27.7 Å². The van der Waals surface area contributed by atoms with Crippen LogP contribution < -0.4 is 10.3 Å². The number of ether oxygens (including phenoxy) is 2. The Morgan fingerprint density at radius 1 is 1.09 bits per heavy atom. The monoisotopic (exact) mass is 452 g/mol. The maximum absolute atomic E-state index is 13.1. The molecule has 0 amide bonds. The highest BCUT2D eigenvalue weighted by molar-refractivity contribution is 6.06. The van der Waals surface area contributed by atoms with Crippen LogP contribution in [0.2, 0.25) is 0 Å². The highest BCUT2D eigenvalue weighted by Gasteiger charge is 2.31. The molecule has 0 radical (unpaired) electrons. The number of benzene rings is 1. The van der Waals surface area contributed by atoms with Crippen LogP contribution in [0.3, 0.4) is 0 Å². The molecule has 0 aliphatic carbocycles. The van der Waals surface area contributed by atoms with Gasteiger partial charge in [0, 0.05) is 24.5 Å². The van der Waals surface area contributed by atoms with Gasteiger partial charge in [-0.15, -0.1) is 0 Å². The highest BCUT2D eigenvalue weighted by Crippen LogP contribution is 2.29. The van der Waals surface area contributed by atoms with Crippen LogP contribution in [0.15, 0.2) is 35.3 Å². The van der Waals surface area contributed by atoms with Crippen LogP contribution in [-0.2, 0) is 16.6 Å². The van der Waals surface area contributed by atoms with E-state index in [1.807, 2.05) is 52.8 Å². The third-order valence-corrected chi connectivity index (χ3v) is 5.89. The van der Waals surface area contributed by atoms with Gasteiger partial charge in [0.1, 0.15) is 11.4 Å². The molecule has 0 fully saturated rings. The minimum Gasteiger partial charge on any atom is -0.493 e. The lowest BCUT2D eigenvalue weighted by Gasteiger charge is -2.28. The molecule has 0 saturated heterocycles. The van der Waals surface area contributed by atoms with Gasteiger partial charge in [0.15, 0.2) is 0 Å². The number of aryl methyl sites for hydroxylation is 2. The molecule has 0 saturated carbocycles. The summed E-state index contributed by atoms with van der Waals surface area (Å²) < 4.78 is 13.4. The van der Waals surface area contributed by atoms with Crippen LogP contribution in [0.25, 0.3) is 21.7 Å². The smallest absolute Gasteiger partial charge is 0.309 e. The molecule has 178 valence electrons. The minimum atomic E-state index is -0.526. The maximum atomic E-state index is 13.1. The Morgan fingerprint density at radius 2 is 1.79 bits per heavy atom. The van der Waals surface area contributed by atoms with Gasteiger partial charge in [0.05, 0.1) is 29.1 Å². The molecular weight excluding hydrogens is 416 g/mol. The van der Waals surface area contributed by atoms with Crippen molar-refractivity contribution < 1.29 is 14.3 Å². The second-order valence-electron chi connectivity index (χ2n) is 10.4. The molecular formula is C27H36N2O4. The summed E-state index contributed by atoms with van der Waals surface area (Å²) in [5, 5.41) is 2.47. The summed E-state index contributed by atoms with van der Waals surface area (Å²) in [6.45, 7) is 14.1. The lowest BCUT2D eigenvalue weighted by atomic mass is 9.87. The lowest BCUT2D eigenvalue weighted by molar-refractivity contribution is -0.163. The third-order valence-electron chi connectivity index (χ3n) is 5.89. The summed E-state index contributed by atoms with van der Waals surface area (Å²) in [5.41, 5.74) is 1.05. The summed E-state index contributed by atoms with van der Waals surface area (Å²) in [6, 6.07) is 7.54. The van der Waals surface area contributed by atoms with Crippen molar-refractivity contribution in [3.63, 3.8) is 0 Å². The van der Waals surface area contributed by atoms with Crippen LogP contribution in [0.5, 0.6) is 5.75 Å². The van der Waals surface area contributed by atoms with Crippen molar-refractivity contribution in [2.45, 2.75) is 60.5 Å². The van der Waals surface area contributed by atoms with E-state index in [1.165, 1.54) is 0 Å². The number of carbonyl (C=O) groups excluding carboxylic acids is 1. The van der Waals surface area contributed by atoms with Crippen LogP contribution in [0.1, 0.15) is 53.7 Å². The number of nitrogens with zero attached hydrogens (tertiary/aromatic N) is 2. The maximum Gasteiger partial charge on any atom is 0.309 e. The Kier molecular flexibility index (Phi) is 7.15. The fourth-order valence-electron chi connectivity index (χ4n) is 4.30. The first-order valence-electron chi connectivity index (χ1n) is 11.6. The van der Waals surface area contributed by atoms with E-state index in [-0.39, 0.29) is 23.4 Å². The van der Waals surface area contributed by atoms with E-state index < -0.39 is 5.60 Å². The Hall–Kier alpha value is -2.89. The molecule has 0 bridgehead atoms. The van der Waals surface area contributed by atoms with E-state index in [2.05, 4.69) is 18.8 Å². The van der Waals surface area contributed by atoms with Crippen molar-refractivity contribution >= 4 is 27.6 Å². The Balaban J connectivity index is 1.87. The van der Waals surface area contributed by atoms with E-state index in [0.29, 0.717) is 23.7 Å². The zero-order valence-electron chi connectivity index (χ0n) is 21.1. The number of fused-ring (bicyclic) bond motifs is 3. The zero-order chi connectivity index (χ0) is 24.5. The Morgan fingerprint density at radius 3 is 2.42 bits per heavy atom. The van der Waals surface area contributed by atoms with E-state index in [1.54, 1.807) is 23.9 Å². The van der Waals surface area contributed by atoms with Crippen molar-refractivity contribution in [1.29, 1.82) is 0 Å². The summed E-state index contributed by atoms with van der Waals surface area (Å²) >= 11 is 0. The quantitative estimate of drug-likeness (QED) is 0.354. The van der Waals surface area contributed by atoms with Crippen molar-refractivity contribution in [2.24, 2.45) is 24.8 Å². The van der Waals surface area contributed by atoms with Crippen molar-refractivity contribution in [3.8, 4) is 5.75 Å². The van der Waals surface area contributed by atoms with Crippen LogP contribution >= 0.6 is 0 Å². The molecule has 6 nitrogen and oxygen atoms in total. The number of hydrogen-bond acceptors (Lipinski definition) is 5. The molecule has 2 heterocycles. The third kappa shape index (κ3) is 5.55. The molecule has 1 aromatic carbocycles. The van der Waals surface area contributed by atoms with E-state index in [9.17, 15) is 9.59 Å². The number of carbonyl (C=O) groups is 1. The second-order valence-corrected chi connectivity index (χ2v) is 10.4. The van der Waals surface area contributed by atoms with Gasteiger partial charge in [-0.2, -0.15) is 0 Å². The molecule has 2 aromatic heterocycles. The lowest BCUT2D eigenvalue weighted by Crippen LogP contribution is -2.34. The SMILES string of the molecule is Cc1nccc2c3ccc(OC[C@H](C)[C@H](CC(C)C)C(=O)OC(C)(C)C)cc3c(=O)n(C)c12. The van der Waals surface area contributed by atoms with Gasteiger partial charge in [0.2, 0.25) is 0 Å². The normalized spacial score (nSPS) is 14.0. The Labute approximate surface area is 195 Å². The molecule has 0 aliphatic rings. The van der Waals surface area contributed by atoms with Gasteiger partial charge >= 0.3 is 5.97 Å². The van der Waals surface area contributed by atoms with Gasteiger partial charge in [-0.25, -0.2) is 0 Å². The summed E-state index contributed by atoms with van der Waals surface area (Å²) in [6.07, 6.45) is 2.50. The first kappa shape index (κ1) is 24.7. The molecule has 0 spiro atoms. The average Bonchev–Trinajstić information content (AvgIpc) is 2.72. The molecule has 0 N–H and O–H groups in total. The molecule has 33 heavy (non-hydrogen) atoms. The van der Waals surface area contributed by atoms with Crippen molar-refractivity contribution in [3.05, 3.63) is 46.5 Å². The van der Waals surface area contributed by atoms with E-state index in [4.69, 9.17) is 9.47 Å². The zero-order valence-corrected chi connectivity index (χ0v) is 21.1. The van der Waals surface area contributed by atoms with Gasteiger partial charge in [-0.05, 0) is 69.7 Å². The minimum absolute atomic E-state index is 0.0360. The molecule has 2 atom stereocenters. The number of hydrogen-bond donors (Lipinski definition) is 0. The number of aromatic nitrogens is 2. The van der Waals surface area contributed by atoms with Crippen LogP contribution in [0.4, 0.5) is 0 Å².